The van der Waals surface area contributed by atoms with Crippen molar-refractivity contribution in [2.45, 2.75) is 83.3 Å². The number of hydrogen-bond donors (Lipinski definition) is 1. The van der Waals surface area contributed by atoms with Gasteiger partial charge in [0.05, 0.1) is 11.9 Å². The van der Waals surface area contributed by atoms with Crippen LogP contribution in [0.25, 0.3) is 0 Å². The third-order valence-electron chi connectivity index (χ3n) is 9.33. The van der Waals surface area contributed by atoms with Crippen molar-refractivity contribution in [2.24, 2.45) is 17.8 Å². The summed E-state index contributed by atoms with van der Waals surface area (Å²) in [5.74, 6) is 1.73. The van der Waals surface area contributed by atoms with E-state index in [1.807, 2.05) is 50.2 Å². The summed E-state index contributed by atoms with van der Waals surface area (Å²) in [4.78, 5) is 28.2. The van der Waals surface area contributed by atoms with Crippen LogP contribution in [0.15, 0.2) is 53.0 Å². The lowest BCUT2D eigenvalue weighted by Crippen LogP contribution is -2.52. The fourth-order valence-corrected chi connectivity index (χ4v) is 9.18. The Hall–Kier alpha value is -2.39. The molecule has 4 aliphatic rings. The summed E-state index contributed by atoms with van der Waals surface area (Å²) in [7, 11) is -3.77. The largest absolute Gasteiger partial charge is 0.352 e. The fraction of sp³-hybridized carbons (Fsp3) is 0.562. The Morgan fingerprint density at radius 1 is 0.976 bits per heavy atom. The number of benzene rings is 2. The number of anilines is 1. The Kier molecular flexibility index (Phi) is 8.59. The zero-order chi connectivity index (χ0) is 29.5. The van der Waals surface area contributed by atoms with E-state index >= 15 is 0 Å². The third kappa shape index (κ3) is 6.66. The first-order valence-electron chi connectivity index (χ1n) is 14.8. The third-order valence-corrected chi connectivity index (χ3v) is 11.0. The van der Waals surface area contributed by atoms with Crippen LogP contribution < -0.4 is 9.62 Å². The van der Waals surface area contributed by atoms with Crippen molar-refractivity contribution >= 4 is 43.5 Å². The molecule has 4 bridgehead atoms. The van der Waals surface area contributed by atoms with Gasteiger partial charge in [-0.15, -0.1) is 0 Å². The minimum atomic E-state index is -3.77. The second-order valence-electron chi connectivity index (χ2n) is 13.0. The van der Waals surface area contributed by atoms with Gasteiger partial charge in [0.15, 0.2) is 0 Å². The first-order valence-corrected chi connectivity index (χ1v) is 17.4. The second-order valence-corrected chi connectivity index (χ2v) is 15.8. The van der Waals surface area contributed by atoms with Crippen molar-refractivity contribution in [2.75, 3.05) is 17.1 Å². The maximum atomic E-state index is 13.8. The molecule has 0 aliphatic heterocycles. The highest BCUT2D eigenvalue weighted by Gasteiger charge is 2.51. The highest BCUT2D eigenvalue weighted by atomic mass is 79.9. The molecule has 1 N–H and O–H groups in total. The minimum Gasteiger partial charge on any atom is -0.352 e. The van der Waals surface area contributed by atoms with E-state index in [9.17, 15) is 18.0 Å². The number of sulfonamides is 1. The van der Waals surface area contributed by atoms with Gasteiger partial charge < -0.3 is 10.2 Å². The predicted molar refractivity (Wildman–Crippen MR) is 166 cm³/mol. The molecule has 41 heavy (non-hydrogen) atoms. The van der Waals surface area contributed by atoms with E-state index < -0.39 is 22.0 Å². The van der Waals surface area contributed by atoms with Gasteiger partial charge in [-0.05, 0) is 118 Å². The van der Waals surface area contributed by atoms with E-state index in [4.69, 9.17) is 0 Å². The molecule has 222 valence electrons. The summed E-state index contributed by atoms with van der Waals surface area (Å²) in [6.45, 7) is 5.20. The topological polar surface area (TPSA) is 86.8 Å². The van der Waals surface area contributed by atoms with Gasteiger partial charge in [0.25, 0.3) is 0 Å². The van der Waals surface area contributed by atoms with E-state index in [0.717, 1.165) is 34.0 Å². The standard InChI is InChI=1S/C32H42BrN3O4S/c1-21(2)34-31(38)22(3)35(19-23-6-5-7-28(33)15-23)30(37)20-36(41(4,39)40)29-10-8-27(9-11-29)32-16-24-12-25(17-32)14-26(13-24)18-32/h5-11,15,21-22,24-26H,12-14,16-20H2,1-4H3,(H,34,38). The molecule has 2 aromatic rings. The quantitative estimate of drug-likeness (QED) is 0.364. The molecular weight excluding hydrogens is 602 g/mol. The molecule has 0 radical (unpaired) electrons. The van der Waals surface area contributed by atoms with Crippen LogP contribution >= 0.6 is 15.9 Å². The first-order chi connectivity index (χ1) is 19.3. The van der Waals surface area contributed by atoms with Crippen molar-refractivity contribution in [3.63, 3.8) is 0 Å². The van der Waals surface area contributed by atoms with Gasteiger partial charge in [-0.2, -0.15) is 0 Å². The average Bonchev–Trinajstić information content (AvgIpc) is 2.88. The molecule has 4 saturated carbocycles. The Morgan fingerprint density at radius 2 is 1.56 bits per heavy atom. The molecule has 2 amide bonds. The number of amides is 2. The average molecular weight is 645 g/mol. The molecule has 4 aliphatic carbocycles. The summed E-state index contributed by atoms with van der Waals surface area (Å²) in [6, 6.07) is 14.5. The summed E-state index contributed by atoms with van der Waals surface area (Å²) in [6.07, 6.45) is 8.91. The molecule has 0 heterocycles. The minimum absolute atomic E-state index is 0.0900. The van der Waals surface area contributed by atoms with Crippen LogP contribution in [0.5, 0.6) is 0 Å². The van der Waals surface area contributed by atoms with Crippen LogP contribution in [0.4, 0.5) is 5.69 Å². The summed E-state index contributed by atoms with van der Waals surface area (Å²) >= 11 is 3.47. The van der Waals surface area contributed by atoms with E-state index in [2.05, 4.69) is 33.4 Å². The molecule has 9 heteroatoms. The molecule has 6 rings (SSSR count). The van der Waals surface area contributed by atoms with E-state index in [0.29, 0.717) is 5.69 Å². The first kappa shape index (κ1) is 30.1. The van der Waals surface area contributed by atoms with Crippen LogP contribution in [0, 0.1) is 17.8 Å². The maximum absolute atomic E-state index is 13.8. The van der Waals surface area contributed by atoms with Gasteiger partial charge in [0, 0.05) is 17.1 Å². The van der Waals surface area contributed by atoms with Gasteiger partial charge in [0.2, 0.25) is 21.8 Å². The van der Waals surface area contributed by atoms with Crippen LogP contribution in [0.1, 0.15) is 70.4 Å². The van der Waals surface area contributed by atoms with Gasteiger partial charge in [-0.25, -0.2) is 8.42 Å². The van der Waals surface area contributed by atoms with E-state index in [-0.39, 0.29) is 30.5 Å². The van der Waals surface area contributed by atoms with Crippen molar-refractivity contribution in [1.29, 1.82) is 0 Å². The van der Waals surface area contributed by atoms with Gasteiger partial charge >= 0.3 is 0 Å². The van der Waals surface area contributed by atoms with Gasteiger partial charge in [0.1, 0.15) is 12.6 Å². The van der Waals surface area contributed by atoms with Crippen molar-refractivity contribution in [3.8, 4) is 0 Å². The fourth-order valence-electron chi connectivity index (χ4n) is 7.88. The molecule has 0 aromatic heterocycles. The Labute approximate surface area is 253 Å². The molecule has 1 unspecified atom stereocenters. The van der Waals surface area contributed by atoms with E-state index in [1.54, 1.807) is 6.92 Å². The van der Waals surface area contributed by atoms with Crippen LogP contribution in [0.2, 0.25) is 0 Å². The van der Waals surface area contributed by atoms with Crippen molar-refractivity contribution in [3.05, 3.63) is 64.1 Å². The zero-order valence-corrected chi connectivity index (χ0v) is 26.9. The molecule has 0 saturated heterocycles. The molecule has 2 aromatic carbocycles. The summed E-state index contributed by atoms with van der Waals surface area (Å²) < 4.78 is 28.1. The number of carbonyl (C=O) groups is 2. The zero-order valence-electron chi connectivity index (χ0n) is 24.5. The Morgan fingerprint density at radius 3 is 2.07 bits per heavy atom. The Bertz CT molecular complexity index is 1360. The van der Waals surface area contributed by atoms with Crippen molar-refractivity contribution < 1.29 is 18.0 Å². The van der Waals surface area contributed by atoms with Crippen LogP contribution in [-0.2, 0) is 31.6 Å². The van der Waals surface area contributed by atoms with Gasteiger partial charge in [-0.1, -0.05) is 40.2 Å². The second kappa shape index (κ2) is 11.7. The number of halogens is 1. The molecule has 4 fully saturated rings. The number of rotatable bonds is 10. The molecular formula is C32H42BrN3O4S. The SMILES string of the molecule is CC(C)NC(=O)C(C)N(Cc1cccc(Br)c1)C(=O)CN(c1ccc(C23CC4CC(CC(C4)C2)C3)cc1)S(C)(=O)=O. The highest BCUT2D eigenvalue weighted by Crippen LogP contribution is 2.60. The number of hydrogen-bond acceptors (Lipinski definition) is 4. The van der Waals surface area contributed by atoms with E-state index in [1.165, 1.54) is 53.3 Å². The monoisotopic (exact) mass is 643 g/mol. The lowest BCUT2D eigenvalue weighted by molar-refractivity contribution is -0.139. The normalized spacial score (nSPS) is 25.7. The van der Waals surface area contributed by atoms with Crippen LogP contribution in [-0.4, -0.2) is 50.0 Å². The summed E-state index contributed by atoms with van der Waals surface area (Å²) in [5.41, 5.74) is 2.81. The lowest BCUT2D eigenvalue weighted by atomic mass is 9.48. The van der Waals surface area contributed by atoms with Crippen molar-refractivity contribution in [1.82, 2.24) is 10.2 Å². The number of carbonyl (C=O) groups excluding carboxylic acids is 2. The Balaban J connectivity index is 1.39. The molecule has 7 nitrogen and oxygen atoms in total. The smallest absolute Gasteiger partial charge is 0.244 e. The predicted octanol–water partition coefficient (Wildman–Crippen LogP) is 5.62. The number of nitrogens with one attached hydrogen (secondary N) is 1. The lowest BCUT2D eigenvalue weighted by Gasteiger charge is -2.57. The summed E-state index contributed by atoms with van der Waals surface area (Å²) in [5, 5.41) is 2.88. The maximum Gasteiger partial charge on any atom is 0.244 e. The van der Waals surface area contributed by atoms with Gasteiger partial charge in [-0.3, -0.25) is 13.9 Å². The number of nitrogens with zero attached hydrogens (tertiary/aromatic N) is 2. The highest BCUT2D eigenvalue weighted by molar-refractivity contribution is 9.10. The molecule has 0 spiro atoms. The molecule has 1 atom stereocenters. The van der Waals surface area contributed by atoms with Crippen LogP contribution in [0.3, 0.4) is 0 Å².